The summed E-state index contributed by atoms with van der Waals surface area (Å²) in [5.74, 6) is -0.901. The molecular formula is C22H15BrFN3O3. The van der Waals surface area contributed by atoms with Gasteiger partial charge in [-0.15, -0.1) is 0 Å². The maximum absolute atomic E-state index is 13.2. The molecule has 0 spiro atoms. The summed E-state index contributed by atoms with van der Waals surface area (Å²) in [4.78, 5) is 38.9. The van der Waals surface area contributed by atoms with Crippen molar-refractivity contribution in [1.29, 1.82) is 0 Å². The van der Waals surface area contributed by atoms with Crippen LogP contribution in [0.1, 0.15) is 0 Å². The molecule has 0 bridgehead atoms. The van der Waals surface area contributed by atoms with Crippen molar-refractivity contribution in [3.8, 4) is 5.69 Å². The SMILES string of the molecule is O=C(Cn1c(=O)n(-c2ccccc2)c(=O)c2cc(Br)ccc21)Nc1ccc(F)cc1. The zero-order valence-corrected chi connectivity index (χ0v) is 17.1. The van der Waals surface area contributed by atoms with E-state index in [1.165, 1.54) is 28.8 Å². The molecule has 0 atom stereocenters. The summed E-state index contributed by atoms with van der Waals surface area (Å²) < 4.78 is 16.0. The Hall–Kier alpha value is -3.52. The van der Waals surface area contributed by atoms with Gasteiger partial charge in [0.2, 0.25) is 5.91 Å². The number of nitrogens with zero attached hydrogens (tertiary/aromatic N) is 2. The highest BCUT2D eigenvalue weighted by Crippen LogP contribution is 2.17. The van der Waals surface area contributed by atoms with E-state index in [1.54, 1.807) is 48.5 Å². The molecule has 0 saturated carbocycles. The van der Waals surface area contributed by atoms with Crippen molar-refractivity contribution in [2.24, 2.45) is 0 Å². The third kappa shape index (κ3) is 3.81. The average molecular weight is 468 g/mol. The molecule has 150 valence electrons. The van der Waals surface area contributed by atoms with Gasteiger partial charge in [-0.2, -0.15) is 0 Å². The maximum atomic E-state index is 13.2. The number of para-hydroxylation sites is 1. The van der Waals surface area contributed by atoms with Gasteiger partial charge in [-0.1, -0.05) is 34.1 Å². The van der Waals surface area contributed by atoms with Crippen LogP contribution in [-0.2, 0) is 11.3 Å². The number of fused-ring (bicyclic) bond motifs is 1. The first-order valence-electron chi connectivity index (χ1n) is 9.00. The van der Waals surface area contributed by atoms with Gasteiger partial charge in [-0.25, -0.2) is 13.8 Å². The lowest BCUT2D eigenvalue weighted by Crippen LogP contribution is -2.40. The molecule has 0 unspecified atom stereocenters. The van der Waals surface area contributed by atoms with Gasteiger partial charge in [0.15, 0.2) is 0 Å². The third-order valence-electron chi connectivity index (χ3n) is 4.55. The average Bonchev–Trinajstić information content (AvgIpc) is 2.74. The molecule has 0 radical (unpaired) electrons. The fourth-order valence-corrected chi connectivity index (χ4v) is 3.54. The van der Waals surface area contributed by atoms with Gasteiger partial charge in [-0.3, -0.25) is 14.2 Å². The van der Waals surface area contributed by atoms with Gasteiger partial charge in [0.25, 0.3) is 5.56 Å². The number of anilines is 1. The fraction of sp³-hybridized carbons (Fsp3) is 0.0455. The largest absolute Gasteiger partial charge is 0.336 e. The predicted molar refractivity (Wildman–Crippen MR) is 117 cm³/mol. The Morgan fingerprint density at radius 3 is 2.37 bits per heavy atom. The normalized spacial score (nSPS) is 10.9. The summed E-state index contributed by atoms with van der Waals surface area (Å²) in [5.41, 5.74) is 0.0440. The molecule has 1 heterocycles. The summed E-state index contributed by atoms with van der Waals surface area (Å²) in [6.07, 6.45) is 0. The quantitative estimate of drug-likeness (QED) is 0.497. The summed E-state index contributed by atoms with van der Waals surface area (Å²) in [6, 6.07) is 18.7. The van der Waals surface area contributed by atoms with Gasteiger partial charge in [-0.05, 0) is 54.6 Å². The fourth-order valence-electron chi connectivity index (χ4n) is 3.18. The van der Waals surface area contributed by atoms with Gasteiger partial charge in [0.1, 0.15) is 12.4 Å². The van der Waals surface area contributed by atoms with E-state index in [9.17, 15) is 18.8 Å². The molecule has 30 heavy (non-hydrogen) atoms. The summed E-state index contributed by atoms with van der Waals surface area (Å²) in [5, 5.41) is 2.93. The maximum Gasteiger partial charge on any atom is 0.336 e. The van der Waals surface area contributed by atoms with Crippen LogP contribution in [0.4, 0.5) is 10.1 Å². The highest BCUT2D eigenvalue weighted by Gasteiger charge is 2.17. The van der Waals surface area contributed by atoms with Crippen molar-refractivity contribution in [2.45, 2.75) is 6.54 Å². The molecule has 0 aliphatic carbocycles. The second-order valence-corrected chi connectivity index (χ2v) is 7.48. The number of carbonyl (C=O) groups is 1. The number of hydrogen-bond donors (Lipinski definition) is 1. The number of aromatic nitrogens is 2. The van der Waals surface area contributed by atoms with E-state index >= 15 is 0 Å². The number of benzene rings is 3. The highest BCUT2D eigenvalue weighted by molar-refractivity contribution is 9.10. The minimum absolute atomic E-state index is 0.294. The number of amides is 1. The molecule has 4 rings (SSSR count). The van der Waals surface area contributed by atoms with Crippen molar-refractivity contribution < 1.29 is 9.18 Å². The first kappa shape index (κ1) is 19.8. The topological polar surface area (TPSA) is 73.1 Å². The molecular weight excluding hydrogens is 453 g/mol. The molecule has 0 aliphatic heterocycles. The summed E-state index contributed by atoms with van der Waals surface area (Å²) in [7, 11) is 0. The number of hydrogen-bond acceptors (Lipinski definition) is 3. The molecule has 1 N–H and O–H groups in total. The molecule has 0 fully saturated rings. The number of halogens is 2. The number of carbonyl (C=O) groups excluding carboxylic acids is 1. The molecule has 4 aromatic rings. The molecule has 0 aliphatic rings. The smallest absolute Gasteiger partial charge is 0.325 e. The first-order chi connectivity index (χ1) is 14.4. The second kappa shape index (κ2) is 8.08. The highest BCUT2D eigenvalue weighted by atomic mass is 79.9. The monoisotopic (exact) mass is 467 g/mol. The van der Waals surface area contributed by atoms with Gasteiger partial charge >= 0.3 is 5.69 Å². The summed E-state index contributed by atoms with van der Waals surface area (Å²) in [6.45, 7) is -0.318. The Kier molecular flexibility index (Phi) is 5.33. The molecule has 3 aromatic carbocycles. The van der Waals surface area contributed by atoms with Gasteiger partial charge < -0.3 is 5.32 Å². The van der Waals surface area contributed by atoms with E-state index in [-0.39, 0.29) is 6.54 Å². The number of rotatable bonds is 4. The Morgan fingerprint density at radius 2 is 1.67 bits per heavy atom. The van der Waals surface area contributed by atoms with E-state index in [0.29, 0.717) is 26.8 Å². The first-order valence-corrected chi connectivity index (χ1v) is 9.79. The van der Waals surface area contributed by atoms with Crippen LogP contribution in [0.15, 0.2) is 86.9 Å². The lowest BCUT2D eigenvalue weighted by molar-refractivity contribution is -0.116. The van der Waals surface area contributed by atoms with Crippen molar-refractivity contribution in [2.75, 3.05) is 5.32 Å². The number of nitrogens with one attached hydrogen (secondary N) is 1. The van der Waals surface area contributed by atoms with Gasteiger partial charge in [0, 0.05) is 10.2 Å². The van der Waals surface area contributed by atoms with Crippen LogP contribution >= 0.6 is 15.9 Å². The standard InChI is InChI=1S/C22H15BrFN3O3/c23-14-6-11-19-18(12-14)21(29)27(17-4-2-1-3-5-17)22(30)26(19)13-20(28)25-16-9-7-15(24)8-10-16/h1-12H,13H2,(H,25,28). The molecule has 1 aromatic heterocycles. The van der Waals surface area contributed by atoms with E-state index in [4.69, 9.17) is 0 Å². The Labute approximate surface area is 178 Å². The minimum atomic E-state index is -0.629. The van der Waals surface area contributed by atoms with Crippen molar-refractivity contribution in [1.82, 2.24) is 9.13 Å². The molecule has 1 amide bonds. The summed E-state index contributed by atoms with van der Waals surface area (Å²) >= 11 is 3.35. The van der Waals surface area contributed by atoms with Crippen LogP contribution in [0.5, 0.6) is 0 Å². The van der Waals surface area contributed by atoms with Crippen LogP contribution in [0, 0.1) is 5.82 Å². The Morgan fingerprint density at radius 1 is 0.967 bits per heavy atom. The van der Waals surface area contributed by atoms with Crippen LogP contribution in [-0.4, -0.2) is 15.0 Å². The lowest BCUT2D eigenvalue weighted by atomic mass is 10.2. The minimum Gasteiger partial charge on any atom is -0.325 e. The van der Waals surface area contributed by atoms with Crippen LogP contribution in [0.3, 0.4) is 0 Å². The lowest BCUT2D eigenvalue weighted by Gasteiger charge is -2.14. The van der Waals surface area contributed by atoms with Gasteiger partial charge in [0.05, 0.1) is 16.6 Å². The molecule has 8 heteroatoms. The third-order valence-corrected chi connectivity index (χ3v) is 5.04. The Balaban J connectivity index is 1.84. The predicted octanol–water partition coefficient (Wildman–Crippen LogP) is 3.69. The van der Waals surface area contributed by atoms with Crippen molar-refractivity contribution in [3.05, 3.63) is 104 Å². The molecule has 6 nitrogen and oxygen atoms in total. The zero-order chi connectivity index (χ0) is 21.3. The second-order valence-electron chi connectivity index (χ2n) is 6.56. The van der Waals surface area contributed by atoms with Crippen molar-refractivity contribution in [3.63, 3.8) is 0 Å². The molecule has 0 saturated heterocycles. The van der Waals surface area contributed by atoms with E-state index < -0.39 is 23.0 Å². The van der Waals surface area contributed by atoms with Crippen LogP contribution < -0.4 is 16.6 Å². The Bertz CT molecular complexity index is 1360. The zero-order valence-electron chi connectivity index (χ0n) is 15.5. The van der Waals surface area contributed by atoms with Crippen LogP contribution in [0.25, 0.3) is 16.6 Å². The van der Waals surface area contributed by atoms with E-state index in [2.05, 4.69) is 21.2 Å². The van der Waals surface area contributed by atoms with E-state index in [0.717, 1.165) is 4.57 Å². The van der Waals surface area contributed by atoms with E-state index in [1.807, 2.05) is 0 Å². The van der Waals surface area contributed by atoms with Crippen molar-refractivity contribution >= 4 is 38.4 Å². The van der Waals surface area contributed by atoms with Crippen LogP contribution in [0.2, 0.25) is 0 Å².